The predicted molar refractivity (Wildman–Crippen MR) is 54.9 cm³/mol. The lowest BCUT2D eigenvalue weighted by Gasteiger charge is -2.23. The average Bonchev–Trinajstić information content (AvgIpc) is 2.36. The fourth-order valence-electron chi connectivity index (χ4n) is 1.23. The van der Waals surface area contributed by atoms with E-state index < -0.39 is 30.0 Å². The van der Waals surface area contributed by atoms with Crippen LogP contribution < -0.4 is 9.47 Å². The summed E-state index contributed by atoms with van der Waals surface area (Å²) in [5.41, 5.74) is 0.0186. The van der Waals surface area contributed by atoms with Gasteiger partial charge in [-0.2, -0.15) is 22.0 Å². The Labute approximate surface area is 109 Å². The Bertz CT molecular complexity index is 486. The van der Waals surface area contributed by atoms with Gasteiger partial charge in [-0.1, -0.05) is 0 Å². The molecule has 0 saturated heterocycles. The van der Waals surface area contributed by atoms with Crippen LogP contribution in [-0.4, -0.2) is 31.9 Å². The molecule has 0 fully saturated rings. The number of hydrogen-bond acceptors (Lipinski definition) is 3. The highest BCUT2D eigenvalue weighted by Gasteiger charge is 2.59. The van der Waals surface area contributed by atoms with Crippen LogP contribution in [0.25, 0.3) is 0 Å². The Morgan fingerprint density at radius 2 is 1.75 bits per heavy atom. The SMILES string of the molecule is COc1cc(C=O)ccc1OC(F)(F)[C@@H](F)C(F)(F)F. The maximum Gasteiger partial charge on any atom is 0.439 e. The summed E-state index contributed by atoms with van der Waals surface area (Å²) in [6, 6.07) is 2.74. The molecule has 1 aromatic carbocycles. The van der Waals surface area contributed by atoms with Crippen molar-refractivity contribution < 1.29 is 40.6 Å². The van der Waals surface area contributed by atoms with Crippen LogP contribution in [0, 0.1) is 0 Å². The van der Waals surface area contributed by atoms with E-state index in [1.54, 1.807) is 0 Å². The molecule has 0 N–H and O–H groups in total. The summed E-state index contributed by atoms with van der Waals surface area (Å²) in [4.78, 5) is 10.5. The van der Waals surface area contributed by atoms with E-state index in [0.29, 0.717) is 6.29 Å². The van der Waals surface area contributed by atoms with E-state index in [4.69, 9.17) is 0 Å². The van der Waals surface area contributed by atoms with Crippen molar-refractivity contribution in [3.05, 3.63) is 23.8 Å². The minimum Gasteiger partial charge on any atom is -0.493 e. The summed E-state index contributed by atoms with van der Waals surface area (Å²) in [7, 11) is 1.02. The number of rotatable bonds is 5. The largest absolute Gasteiger partial charge is 0.493 e. The number of hydrogen-bond donors (Lipinski definition) is 0. The number of benzene rings is 1. The van der Waals surface area contributed by atoms with Crippen molar-refractivity contribution in [1.82, 2.24) is 0 Å². The van der Waals surface area contributed by atoms with E-state index in [1.807, 2.05) is 0 Å². The Kier molecular flexibility index (Phi) is 4.51. The molecule has 3 nitrogen and oxygen atoms in total. The van der Waals surface area contributed by atoms with Gasteiger partial charge in [0.25, 0.3) is 6.17 Å². The quantitative estimate of drug-likeness (QED) is 0.618. The lowest BCUT2D eigenvalue weighted by Crippen LogP contribution is -2.45. The summed E-state index contributed by atoms with van der Waals surface area (Å²) < 4.78 is 82.9. The van der Waals surface area contributed by atoms with E-state index in [9.17, 15) is 31.1 Å². The molecule has 0 amide bonds. The molecule has 9 heteroatoms. The summed E-state index contributed by atoms with van der Waals surface area (Å²) in [6.45, 7) is 0. The van der Waals surface area contributed by atoms with Gasteiger partial charge in [-0.25, -0.2) is 4.39 Å². The van der Waals surface area contributed by atoms with Gasteiger partial charge >= 0.3 is 12.3 Å². The Hall–Kier alpha value is -1.93. The van der Waals surface area contributed by atoms with Gasteiger partial charge in [-0.15, -0.1) is 0 Å². The van der Waals surface area contributed by atoms with Crippen molar-refractivity contribution in [2.45, 2.75) is 18.5 Å². The number of halogens is 6. The predicted octanol–water partition coefficient (Wildman–Crippen LogP) is 3.38. The molecule has 1 rings (SSSR count). The fourth-order valence-corrected chi connectivity index (χ4v) is 1.23. The molecule has 20 heavy (non-hydrogen) atoms. The molecule has 0 bridgehead atoms. The number of alkyl halides is 6. The first-order chi connectivity index (χ1) is 9.11. The van der Waals surface area contributed by atoms with Crippen LogP contribution in [0.4, 0.5) is 26.3 Å². The van der Waals surface area contributed by atoms with Crippen LogP contribution in [0.15, 0.2) is 18.2 Å². The normalized spacial score (nSPS) is 13.8. The van der Waals surface area contributed by atoms with Crippen LogP contribution >= 0.6 is 0 Å². The van der Waals surface area contributed by atoms with Crippen molar-refractivity contribution in [3.63, 3.8) is 0 Å². The molecule has 0 heterocycles. The first kappa shape index (κ1) is 16.1. The molecule has 1 aromatic rings. The van der Waals surface area contributed by atoms with E-state index in [1.165, 1.54) is 0 Å². The minimum atomic E-state index is -5.78. The second-order valence-electron chi connectivity index (χ2n) is 3.60. The molecule has 0 aliphatic carbocycles. The fraction of sp³-hybridized carbons (Fsp3) is 0.364. The van der Waals surface area contributed by atoms with Gasteiger partial charge in [0.05, 0.1) is 7.11 Å². The molecule has 0 unspecified atom stereocenters. The topological polar surface area (TPSA) is 35.5 Å². The molecule has 0 saturated carbocycles. The Balaban J connectivity index is 3.06. The first-order valence-corrected chi connectivity index (χ1v) is 5.02. The molecule has 0 aliphatic heterocycles. The third-order valence-corrected chi connectivity index (χ3v) is 2.15. The van der Waals surface area contributed by atoms with Crippen LogP contribution in [0.3, 0.4) is 0 Å². The third kappa shape index (κ3) is 3.55. The van der Waals surface area contributed by atoms with E-state index in [-0.39, 0.29) is 5.56 Å². The zero-order valence-corrected chi connectivity index (χ0v) is 9.88. The van der Waals surface area contributed by atoms with Crippen LogP contribution in [0.2, 0.25) is 0 Å². The molecule has 112 valence electrons. The van der Waals surface area contributed by atoms with Gasteiger partial charge in [0.2, 0.25) is 0 Å². The van der Waals surface area contributed by atoms with Crippen molar-refractivity contribution >= 4 is 6.29 Å². The van der Waals surface area contributed by atoms with E-state index in [0.717, 1.165) is 25.3 Å². The lowest BCUT2D eigenvalue weighted by atomic mass is 10.2. The minimum absolute atomic E-state index is 0.0186. The number of carbonyl (C=O) groups is 1. The summed E-state index contributed by atoms with van der Waals surface area (Å²) >= 11 is 0. The molecular formula is C11H8F6O3. The monoisotopic (exact) mass is 302 g/mol. The van der Waals surface area contributed by atoms with Gasteiger partial charge in [-0.3, -0.25) is 4.79 Å². The molecule has 0 aliphatic rings. The summed E-state index contributed by atoms with van der Waals surface area (Å²) in [5.74, 6) is -1.25. The highest BCUT2D eigenvalue weighted by atomic mass is 19.4. The van der Waals surface area contributed by atoms with Crippen LogP contribution in [0.5, 0.6) is 11.5 Å². The standard InChI is InChI=1S/C11H8F6O3/c1-19-8-4-6(5-18)2-3-7(8)20-11(16,17)9(12)10(13,14)15/h2-5,9H,1H3/t9-/m0/s1. The molecule has 0 aromatic heterocycles. The summed E-state index contributed by atoms with van der Waals surface area (Å²) in [6.07, 6.45) is -15.0. The highest BCUT2D eigenvalue weighted by Crippen LogP contribution is 2.39. The van der Waals surface area contributed by atoms with Crippen molar-refractivity contribution in [1.29, 1.82) is 0 Å². The maximum absolute atomic E-state index is 13.1. The van der Waals surface area contributed by atoms with Gasteiger partial charge in [0, 0.05) is 5.56 Å². The Morgan fingerprint density at radius 1 is 1.15 bits per heavy atom. The zero-order valence-electron chi connectivity index (χ0n) is 9.88. The lowest BCUT2D eigenvalue weighted by molar-refractivity contribution is -0.305. The van der Waals surface area contributed by atoms with Gasteiger partial charge < -0.3 is 9.47 Å². The second-order valence-corrected chi connectivity index (χ2v) is 3.60. The van der Waals surface area contributed by atoms with Gasteiger partial charge in [0.15, 0.2) is 11.5 Å². The van der Waals surface area contributed by atoms with Gasteiger partial charge in [0.1, 0.15) is 6.29 Å². The average molecular weight is 302 g/mol. The van der Waals surface area contributed by atoms with Gasteiger partial charge in [-0.05, 0) is 18.2 Å². The first-order valence-electron chi connectivity index (χ1n) is 5.02. The van der Waals surface area contributed by atoms with Crippen LogP contribution in [-0.2, 0) is 0 Å². The molecule has 0 spiro atoms. The number of methoxy groups -OCH3 is 1. The zero-order chi connectivity index (χ0) is 15.6. The Morgan fingerprint density at radius 3 is 2.20 bits per heavy atom. The number of aldehydes is 1. The smallest absolute Gasteiger partial charge is 0.439 e. The molecule has 1 atom stereocenters. The number of carbonyl (C=O) groups excluding carboxylic acids is 1. The van der Waals surface area contributed by atoms with Crippen molar-refractivity contribution in [2.75, 3.05) is 7.11 Å². The van der Waals surface area contributed by atoms with Crippen molar-refractivity contribution in [2.24, 2.45) is 0 Å². The summed E-state index contributed by atoms with van der Waals surface area (Å²) in [5, 5.41) is 0. The van der Waals surface area contributed by atoms with E-state index >= 15 is 0 Å². The molecule has 0 radical (unpaired) electrons. The second kappa shape index (κ2) is 5.59. The third-order valence-electron chi connectivity index (χ3n) is 2.15. The van der Waals surface area contributed by atoms with Crippen LogP contribution in [0.1, 0.15) is 10.4 Å². The van der Waals surface area contributed by atoms with E-state index in [2.05, 4.69) is 9.47 Å². The maximum atomic E-state index is 13.1. The number of ether oxygens (including phenoxy) is 2. The van der Waals surface area contributed by atoms with Crippen molar-refractivity contribution in [3.8, 4) is 11.5 Å². The highest BCUT2D eigenvalue weighted by molar-refractivity contribution is 5.76. The molecular weight excluding hydrogens is 294 g/mol.